The Labute approximate surface area is 104 Å². The molecule has 1 unspecified atom stereocenters. The maximum absolute atomic E-state index is 12.2. The monoisotopic (exact) mass is 274 g/mol. The van der Waals surface area contributed by atoms with E-state index in [9.17, 15) is 13.2 Å². The molecule has 0 bridgehead atoms. The molecule has 1 aliphatic heterocycles. The zero-order chi connectivity index (χ0) is 12.6. The van der Waals surface area contributed by atoms with Crippen LogP contribution in [0.2, 0.25) is 5.15 Å². The van der Waals surface area contributed by atoms with Crippen molar-refractivity contribution in [3.05, 3.63) is 23.5 Å². The van der Waals surface area contributed by atoms with E-state index in [0.717, 1.165) is 4.31 Å². The van der Waals surface area contributed by atoms with Gasteiger partial charge in [0.25, 0.3) is 10.0 Å². The van der Waals surface area contributed by atoms with Crippen molar-refractivity contribution in [3.63, 3.8) is 0 Å². The van der Waals surface area contributed by atoms with E-state index in [0.29, 0.717) is 0 Å². The summed E-state index contributed by atoms with van der Waals surface area (Å²) in [7, 11) is -3.78. The Hall–Kier alpha value is -1.14. The van der Waals surface area contributed by atoms with Crippen LogP contribution in [0.5, 0.6) is 0 Å². The average Bonchev–Trinajstić information content (AvgIpc) is 2.58. The summed E-state index contributed by atoms with van der Waals surface area (Å²) < 4.78 is 25.2. The fourth-order valence-corrected chi connectivity index (χ4v) is 3.53. The second kappa shape index (κ2) is 4.27. The van der Waals surface area contributed by atoms with E-state index in [-0.39, 0.29) is 34.8 Å². The first-order valence-corrected chi connectivity index (χ1v) is 6.90. The number of amides is 1. The largest absolute Gasteiger partial charge is 0.274 e. The minimum atomic E-state index is -3.78. The zero-order valence-corrected chi connectivity index (χ0v) is 10.7. The Morgan fingerprint density at radius 2 is 2.24 bits per heavy atom. The molecule has 2 heterocycles. The zero-order valence-electron chi connectivity index (χ0n) is 9.13. The molecule has 0 saturated carbocycles. The molecule has 0 radical (unpaired) electrons. The molecule has 1 aliphatic rings. The van der Waals surface area contributed by atoms with Gasteiger partial charge >= 0.3 is 0 Å². The molecule has 2 rings (SSSR count). The van der Waals surface area contributed by atoms with E-state index in [1.54, 1.807) is 0 Å². The molecular weight excluding hydrogens is 264 g/mol. The Morgan fingerprint density at radius 3 is 2.76 bits per heavy atom. The van der Waals surface area contributed by atoms with Crippen molar-refractivity contribution in [1.82, 2.24) is 9.29 Å². The van der Waals surface area contributed by atoms with Gasteiger partial charge in [-0.25, -0.2) is 17.7 Å². The molecule has 1 amide bonds. The predicted molar refractivity (Wildman–Crippen MR) is 61.9 cm³/mol. The standard InChI is InChI=1S/C10H11ClN2O3S/c1-7-4-10(14)13(6-7)17(15,16)8-2-3-12-9(11)5-8/h2-3,5,7H,4,6H2,1H3. The van der Waals surface area contributed by atoms with Crippen molar-refractivity contribution in [2.24, 2.45) is 5.92 Å². The number of rotatable bonds is 2. The Morgan fingerprint density at radius 1 is 1.53 bits per heavy atom. The first-order valence-electron chi connectivity index (χ1n) is 5.08. The highest BCUT2D eigenvalue weighted by molar-refractivity contribution is 7.89. The number of sulfonamides is 1. The summed E-state index contributed by atoms with van der Waals surface area (Å²) in [6.07, 6.45) is 1.57. The summed E-state index contributed by atoms with van der Waals surface area (Å²) >= 11 is 5.64. The van der Waals surface area contributed by atoms with Crippen molar-refractivity contribution in [2.45, 2.75) is 18.2 Å². The lowest BCUT2D eigenvalue weighted by Gasteiger charge is -2.16. The number of pyridine rings is 1. The highest BCUT2D eigenvalue weighted by atomic mass is 35.5. The summed E-state index contributed by atoms with van der Waals surface area (Å²) in [5.41, 5.74) is 0. The maximum Gasteiger partial charge on any atom is 0.266 e. The van der Waals surface area contributed by atoms with Gasteiger partial charge in [-0.15, -0.1) is 0 Å². The topological polar surface area (TPSA) is 67.3 Å². The second-order valence-electron chi connectivity index (χ2n) is 4.05. The van der Waals surface area contributed by atoms with Crippen LogP contribution >= 0.6 is 11.6 Å². The van der Waals surface area contributed by atoms with E-state index in [2.05, 4.69) is 4.98 Å². The lowest BCUT2D eigenvalue weighted by molar-refractivity contribution is -0.123. The van der Waals surface area contributed by atoms with Gasteiger partial charge < -0.3 is 0 Å². The summed E-state index contributed by atoms with van der Waals surface area (Å²) in [5.74, 6) is -0.319. The average molecular weight is 275 g/mol. The lowest BCUT2D eigenvalue weighted by Crippen LogP contribution is -2.32. The number of hydrogen-bond acceptors (Lipinski definition) is 4. The first kappa shape index (κ1) is 12.3. The van der Waals surface area contributed by atoms with Gasteiger partial charge in [-0.2, -0.15) is 0 Å². The Kier molecular flexibility index (Phi) is 3.09. The molecule has 5 nitrogen and oxygen atoms in total. The van der Waals surface area contributed by atoms with Gasteiger partial charge in [0.05, 0.1) is 4.90 Å². The molecule has 17 heavy (non-hydrogen) atoms. The number of halogens is 1. The number of aromatic nitrogens is 1. The van der Waals surface area contributed by atoms with Crippen molar-refractivity contribution in [1.29, 1.82) is 0 Å². The van der Waals surface area contributed by atoms with Crippen LogP contribution < -0.4 is 0 Å². The van der Waals surface area contributed by atoms with Crippen LogP contribution in [0, 0.1) is 5.92 Å². The highest BCUT2D eigenvalue weighted by Crippen LogP contribution is 2.25. The minimum absolute atomic E-state index is 0.0000463. The van der Waals surface area contributed by atoms with Gasteiger partial charge in [0.2, 0.25) is 5.91 Å². The normalized spacial score (nSPS) is 20.9. The van der Waals surface area contributed by atoms with Crippen molar-refractivity contribution < 1.29 is 13.2 Å². The van der Waals surface area contributed by atoms with Crippen molar-refractivity contribution in [3.8, 4) is 0 Å². The fourth-order valence-electron chi connectivity index (χ4n) is 1.75. The predicted octanol–water partition coefficient (Wildman–Crippen LogP) is 1.29. The fraction of sp³-hybridized carbons (Fsp3) is 0.400. The van der Waals surface area contributed by atoms with E-state index in [1.165, 1.54) is 18.3 Å². The lowest BCUT2D eigenvalue weighted by atomic mass is 10.2. The van der Waals surface area contributed by atoms with Crippen LogP contribution in [0.3, 0.4) is 0 Å². The molecule has 1 atom stereocenters. The number of carbonyl (C=O) groups is 1. The quantitative estimate of drug-likeness (QED) is 0.762. The third kappa shape index (κ3) is 2.28. The van der Waals surface area contributed by atoms with Crippen LogP contribution in [0.25, 0.3) is 0 Å². The van der Waals surface area contributed by atoms with Crippen LogP contribution in [-0.2, 0) is 14.8 Å². The number of nitrogens with zero attached hydrogens (tertiary/aromatic N) is 2. The number of carbonyl (C=O) groups excluding carboxylic acids is 1. The molecule has 92 valence electrons. The minimum Gasteiger partial charge on any atom is -0.274 e. The third-order valence-corrected chi connectivity index (χ3v) is 4.55. The molecule has 0 aliphatic carbocycles. The summed E-state index contributed by atoms with van der Waals surface area (Å²) in [6.45, 7) is 2.06. The van der Waals surface area contributed by atoms with Gasteiger partial charge in [0.1, 0.15) is 5.15 Å². The molecular formula is C10H11ClN2O3S. The van der Waals surface area contributed by atoms with Gasteiger partial charge in [0.15, 0.2) is 0 Å². The molecule has 1 saturated heterocycles. The van der Waals surface area contributed by atoms with Crippen molar-refractivity contribution >= 4 is 27.5 Å². The van der Waals surface area contributed by atoms with Gasteiger partial charge in [0, 0.05) is 19.2 Å². The van der Waals surface area contributed by atoms with E-state index < -0.39 is 10.0 Å². The van der Waals surface area contributed by atoms with Crippen LogP contribution in [0.4, 0.5) is 0 Å². The molecule has 1 aromatic rings. The van der Waals surface area contributed by atoms with Crippen LogP contribution in [-0.4, -0.2) is 30.2 Å². The third-order valence-electron chi connectivity index (χ3n) is 2.56. The first-order chi connectivity index (χ1) is 7.91. The molecule has 0 aromatic carbocycles. The van der Waals surface area contributed by atoms with Gasteiger partial charge in [-0.1, -0.05) is 18.5 Å². The Bertz CT molecular complexity index is 558. The molecule has 0 spiro atoms. The van der Waals surface area contributed by atoms with Crippen LogP contribution in [0.15, 0.2) is 23.2 Å². The van der Waals surface area contributed by atoms with Gasteiger partial charge in [-0.05, 0) is 18.1 Å². The maximum atomic E-state index is 12.2. The molecule has 0 N–H and O–H groups in total. The smallest absolute Gasteiger partial charge is 0.266 e. The number of hydrogen-bond donors (Lipinski definition) is 0. The second-order valence-corrected chi connectivity index (χ2v) is 6.30. The van der Waals surface area contributed by atoms with E-state index in [4.69, 9.17) is 11.6 Å². The Balaban J connectivity index is 2.41. The van der Waals surface area contributed by atoms with Crippen molar-refractivity contribution in [2.75, 3.05) is 6.54 Å². The molecule has 7 heteroatoms. The summed E-state index contributed by atoms with van der Waals surface area (Å²) in [5, 5.41) is 0.0887. The highest BCUT2D eigenvalue weighted by Gasteiger charge is 2.36. The van der Waals surface area contributed by atoms with E-state index in [1.807, 2.05) is 6.92 Å². The van der Waals surface area contributed by atoms with Crippen LogP contribution in [0.1, 0.15) is 13.3 Å². The van der Waals surface area contributed by atoms with Gasteiger partial charge in [-0.3, -0.25) is 4.79 Å². The summed E-state index contributed by atoms with van der Waals surface area (Å²) in [6, 6.07) is 2.57. The molecule has 1 aromatic heterocycles. The molecule has 1 fully saturated rings. The van der Waals surface area contributed by atoms with E-state index >= 15 is 0 Å². The SMILES string of the molecule is CC1CC(=O)N(S(=O)(=O)c2ccnc(Cl)c2)C1. The summed E-state index contributed by atoms with van der Waals surface area (Å²) in [4.78, 5) is 15.3.